The second-order valence-corrected chi connectivity index (χ2v) is 6.43. The highest BCUT2D eigenvalue weighted by Crippen LogP contribution is 2.30. The number of phenolic OH excluding ortho intramolecular Hbond substituents is 1. The molecule has 26 heavy (non-hydrogen) atoms. The molecule has 0 fully saturated rings. The lowest BCUT2D eigenvalue weighted by atomic mass is 10.2. The predicted molar refractivity (Wildman–Crippen MR) is 95.3 cm³/mol. The third kappa shape index (κ3) is 3.55. The Morgan fingerprint density at radius 3 is 2.46 bits per heavy atom. The number of aromatic carboxylic acids is 1. The number of nitrogens with one attached hydrogen (secondary N) is 1. The van der Waals surface area contributed by atoms with Crippen LogP contribution in [0.4, 0.5) is 10.1 Å². The number of aromatic hydroxyl groups is 1. The van der Waals surface area contributed by atoms with Crippen LogP contribution < -0.4 is 5.32 Å². The molecule has 0 spiro atoms. The monoisotopic (exact) mass is 372 g/mol. The Balaban J connectivity index is 1.84. The van der Waals surface area contributed by atoms with Crippen LogP contribution in [0.15, 0.2) is 42.5 Å². The van der Waals surface area contributed by atoms with Crippen molar-refractivity contribution in [2.75, 3.05) is 5.32 Å². The van der Waals surface area contributed by atoms with E-state index < -0.39 is 11.9 Å². The number of thiazole rings is 1. The third-order valence-electron chi connectivity index (χ3n) is 3.59. The maximum absolute atomic E-state index is 13.0. The number of rotatable bonds is 4. The van der Waals surface area contributed by atoms with Gasteiger partial charge in [0.25, 0.3) is 5.91 Å². The molecule has 0 unspecified atom stereocenters. The Bertz CT molecular complexity index is 999. The summed E-state index contributed by atoms with van der Waals surface area (Å²) in [5, 5.41) is 21.9. The number of phenols is 1. The average Bonchev–Trinajstić information content (AvgIpc) is 2.99. The van der Waals surface area contributed by atoms with E-state index in [9.17, 15) is 19.1 Å². The molecular formula is C18H13FN2O4S. The number of anilines is 1. The third-order valence-corrected chi connectivity index (χ3v) is 4.79. The molecule has 0 aliphatic carbocycles. The number of halogens is 1. The highest BCUT2D eigenvalue weighted by molar-refractivity contribution is 7.17. The molecule has 0 saturated heterocycles. The quantitative estimate of drug-likeness (QED) is 0.603. The zero-order chi connectivity index (χ0) is 18.8. The minimum atomic E-state index is -1.18. The standard InChI is InChI=1S/C18H13FN2O4S/c1-9-15(26-17(20-9)10-2-5-12(19)6-3-10)16(23)21-13-7-4-11(18(24)25)8-14(13)22/h2-8,22H,1H3,(H,21,23)(H,24,25). The number of aromatic nitrogens is 1. The first kappa shape index (κ1) is 17.6. The highest BCUT2D eigenvalue weighted by atomic mass is 32.1. The highest BCUT2D eigenvalue weighted by Gasteiger charge is 2.18. The zero-order valence-corrected chi connectivity index (χ0v) is 14.3. The number of hydrogen-bond donors (Lipinski definition) is 3. The van der Waals surface area contributed by atoms with E-state index in [1.165, 1.54) is 24.3 Å². The lowest BCUT2D eigenvalue weighted by molar-refractivity contribution is 0.0696. The molecule has 0 saturated carbocycles. The molecule has 0 aliphatic rings. The number of benzene rings is 2. The lowest BCUT2D eigenvalue weighted by Gasteiger charge is -2.07. The predicted octanol–water partition coefficient (Wildman–Crippen LogP) is 3.91. The maximum atomic E-state index is 13.0. The van der Waals surface area contributed by atoms with E-state index in [1.807, 2.05) is 0 Å². The van der Waals surface area contributed by atoms with Crippen LogP contribution in [0.25, 0.3) is 10.6 Å². The summed E-state index contributed by atoms with van der Waals surface area (Å²) in [6.45, 7) is 1.67. The molecule has 0 bridgehead atoms. The Kier molecular flexibility index (Phi) is 4.68. The zero-order valence-electron chi connectivity index (χ0n) is 13.5. The van der Waals surface area contributed by atoms with Gasteiger partial charge in [-0.3, -0.25) is 4.79 Å². The molecule has 1 aromatic heterocycles. The molecule has 0 aliphatic heterocycles. The van der Waals surface area contributed by atoms with E-state index in [-0.39, 0.29) is 22.8 Å². The van der Waals surface area contributed by atoms with Crippen molar-refractivity contribution in [1.29, 1.82) is 0 Å². The van der Waals surface area contributed by atoms with E-state index >= 15 is 0 Å². The molecule has 132 valence electrons. The van der Waals surface area contributed by atoms with Crippen molar-refractivity contribution >= 4 is 28.9 Å². The van der Waals surface area contributed by atoms with Crippen LogP contribution in [0.5, 0.6) is 5.75 Å². The Morgan fingerprint density at radius 2 is 1.85 bits per heavy atom. The van der Waals surface area contributed by atoms with Gasteiger partial charge in [-0.25, -0.2) is 14.2 Å². The number of carbonyl (C=O) groups excluding carboxylic acids is 1. The number of hydrogen-bond acceptors (Lipinski definition) is 5. The van der Waals surface area contributed by atoms with Crippen LogP contribution >= 0.6 is 11.3 Å². The van der Waals surface area contributed by atoms with E-state index in [1.54, 1.807) is 19.1 Å². The van der Waals surface area contributed by atoms with Crippen LogP contribution in [0.1, 0.15) is 25.7 Å². The van der Waals surface area contributed by atoms with Crippen LogP contribution in [-0.2, 0) is 0 Å². The smallest absolute Gasteiger partial charge is 0.335 e. The summed E-state index contributed by atoms with van der Waals surface area (Å²) in [6, 6.07) is 9.43. The van der Waals surface area contributed by atoms with Gasteiger partial charge in [0.15, 0.2) is 0 Å². The van der Waals surface area contributed by atoms with Crippen LogP contribution in [0.3, 0.4) is 0 Å². The number of amides is 1. The van der Waals surface area contributed by atoms with Gasteiger partial charge in [0.05, 0.1) is 16.9 Å². The molecule has 3 N–H and O–H groups in total. The van der Waals surface area contributed by atoms with Gasteiger partial charge >= 0.3 is 5.97 Å². The van der Waals surface area contributed by atoms with Crippen LogP contribution in [0.2, 0.25) is 0 Å². The first-order chi connectivity index (χ1) is 12.3. The SMILES string of the molecule is Cc1nc(-c2ccc(F)cc2)sc1C(=O)Nc1ccc(C(=O)O)cc1O. The van der Waals surface area contributed by atoms with E-state index in [0.717, 1.165) is 17.4 Å². The normalized spacial score (nSPS) is 10.5. The fourth-order valence-corrected chi connectivity index (χ4v) is 3.24. The summed E-state index contributed by atoms with van der Waals surface area (Å²) in [5.74, 6) is -2.37. The number of nitrogens with zero attached hydrogens (tertiary/aromatic N) is 1. The van der Waals surface area contributed by atoms with Crippen molar-refractivity contribution in [3.05, 3.63) is 64.4 Å². The van der Waals surface area contributed by atoms with Gasteiger partial charge in [0, 0.05) is 5.56 Å². The van der Waals surface area contributed by atoms with Crippen LogP contribution in [-0.4, -0.2) is 27.1 Å². The Hall–Kier alpha value is -3.26. The van der Waals surface area contributed by atoms with Crippen molar-refractivity contribution in [3.8, 4) is 16.3 Å². The summed E-state index contributed by atoms with van der Waals surface area (Å²) in [7, 11) is 0. The second kappa shape index (κ2) is 6.93. The molecule has 3 aromatic rings. The summed E-state index contributed by atoms with van der Waals surface area (Å²) in [6.07, 6.45) is 0. The van der Waals surface area contributed by atoms with Gasteiger partial charge in [-0.15, -0.1) is 11.3 Å². The molecule has 6 nitrogen and oxygen atoms in total. The van der Waals surface area contributed by atoms with Crippen LogP contribution in [0, 0.1) is 12.7 Å². The Labute approximate surface area is 151 Å². The van der Waals surface area contributed by atoms with E-state index in [4.69, 9.17) is 5.11 Å². The fourth-order valence-electron chi connectivity index (χ4n) is 2.27. The molecule has 3 rings (SSSR count). The summed E-state index contributed by atoms with van der Waals surface area (Å²) >= 11 is 1.14. The maximum Gasteiger partial charge on any atom is 0.335 e. The fraction of sp³-hybridized carbons (Fsp3) is 0.0556. The summed E-state index contributed by atoms with van der Waals surface area (Å²) in [4.78, 5) is 28.0. The van der Waals surface area contributed by atoms with Gasteiger partial charge in [0.2, 0.25) is 0 Å². The van der Waals surface area contributed by atoms with Crippen molar-refractivity contribution in [2.24, 2.45) is 0 Å². The van der Waals surface area contributed by atoms with Gasteiger partial charge < -0.3 is 15.5 Å². The van der Waals surface area contributed by atoms with Gasteiger partial charge in [-0.2, -0.15) is 0 Å². The lowest BCUT2D eigenvalue weighted by Crippen LogP contribution is -2.12. The van der Waals surface area contributed by atoms with E-state index in [0.29, 0.717) is 21.1 Å². The first-order valence-electron chi connectivity index (χ1n) is 7.46. The first-order valence-corrected chi connectivity index (χ1v) is 8.28. The average molecular weight is 372 g/mol. The summed E-state index contributed by atoms with van der Waals surface area (Å²) in [5.41, 5.74) is 1.19. The molecule has 1 heterocycles. The number of carboxylic acids is 1. The Morgan fingerprint density at radius 1 is 1.15 bits per heavy atom. The number of carboxylic acid groups (broad SMARTS) is 1. The van der Waals surface area contributed by atoms with Crippen molar-refractivity contribution < 1.29 is 24.2 Å². The summed E-state index contributed by atoms with van der Waals surface area (Å²) < 4.78 is 13.0. The van der Waals surface area contributed by atoms with E-state index in [2.05, 4.69) is 10.3 Å². The molecule has 0 radical (unpaired) electrons. The van der Waals surface area contributed by atoms with Gasteiger partial charge in [-0.1, -0.05) is 0 Å². The van der Waals surface area contributed by atoms with Crippen molar-refractivity contribution in [3.63, 3.8) is 0 Å². The van der Waals surface area contributed by atoms with Crippen molar-refractivity contribution in [1.82, 2.24) is 4.98 Å². The number of aryl methyl sites for hydroxylation is 1. The van der Waals surface area contributed by atoms with Crippen molar-refractivity contribution in [2.45, 2.75) is 6.92 Å². The van der Waals surface area contributed by atoms with Gasteiger partial charge in [-0.05, 0) is 49.4 Å². The minimum absolute atomic E-state index is 0.0898. The molecule has 8 heteroatoms. The topological polar surface area (TPSA) is 99.5 Å². The number of carbonyl (C=O) groups is 2. The minimum Gasteiger partial charge on any atom is -0.506 e. The van der Waals surface area contributed by atoms with Gasteiger partial charge in [0.1, 0.15) is 21.5 Å². The molecule has 0 atom stereocenters. The second-order valence-electron chi connectivity index (χ2n) is 5.43. The molecule has 1 amide bonds. The molecular weight excluding hydrogens is 359 g/mol. The largest absolute Gasteiger partial charge is 0.506 e. The molecule has 2 aromatic carbocycles.